The number of nitrogens with zero attached hydrogens (tertiary/aromatic N) is 1. The lowest BCUT2D eigenvalue weighted by atomic mass is 10.0. The van der Waals surface area contributed by atoms with Gasteiger partial charge in [0.1, 0.15) is 5.54 Å². The maximum atomic E-state index is 11.6. The van der Waals surface area contributed by atoms with Gasteiger partial charge in [0, 0.05) is 41.9 Å². The van der Waals surface area contributed by atoms with Crippen molar-refractivity contribution in [1.29, 1.82) is 0 Å². The van der Waals surface area contributed by atoms with Crippen LogP contribution in [0.25, 0.3) is 0 Å². The molecule has 1 aliphatic rings. The molecule has 0 radical (unpaired) electrons. The second-order valence-corrected chi connectivity index (χ2v) is 5.89. The quantitative estimate of drug-likeness (QED) is 0.660. The van der Waals surface area contributed by atoms with E-state index in [-0.39, 0.29) is 5.97 Å². The van der Waals surface area contributed by atoms with Crippen molar-refractivity contribution in [3.05, 3.63) is 0 Å². The third kappa shape index (κ3) is 3.26. The number of methoxy groups -OCH3 is 1. The van der Waals surface area contributed by atoms with Gasteiger partial charge in [0.15, 0.2) is 0 Å². The van der Waals surface area contributed by atoms with Gasteiger partial charge in [-0.15, -0.1) is 0 Å². The molecule has 1 N–H and O–H groups in total. The molecule has 0 spiro atoms. The second-order valence-electron chi connectivity index (χ2n) is 4.20. The molecule has 1 fully saturated rings. The van der Waals surface area contributed by atoms with Crippen LogP contribution in [0.4, 0.5) is 0 Å². The van der Waals surface area contributed by atoms with Gasteiger partial charge in [0.25, 0.3) is 0 Å². The Morgan fingerprint density at radius 1 is 1.50 bits per heavy atom. The van der Waals surface area contributed by atoms with Crippen molar-refractivity contribution < 1.29 is 13.7 Å². The van der Waals surface area contributed by atoms with Crippen LogP contribution in [0.15, 0.2) is 0 Å². The molecule has 1 unspecified atom stereocenters. The van der Waals surface area contributed by atoms with E-state index in [1.165, 1.54) is 7.11 Å². The summed E-state index contributed by atoms with van der Waals surface area (Å²) in [6.07, 6.45) is 0. The lowest BCUT2D eigenvalue weighted by molar-refractivity contribution is -0.148. The first-order valence-electron chi connectivity index (χ1n) is 5.36. The zero-order valence-electron chi connectivity index (χ0n) is 10.1. The lowest BCUT2D eigenvalue weighted by Gasteiger charge is -2.34. The molecule has 1 rings (SSSR count). The molecular weight excluding hydrogens is 228 g/mol. The summed E-state index contributed by atoms with van der Waals surface area (Å²) in [5.74, 6) is 1.13. The molecule has 0 aliphatic carbocycles. The Labute approximate surface area is 99.0 Å². The summed E-state index contributed by atoms with van der Waals surface area (Å²) in [4.78, 5) is 13.8. The first kappa shape index (κ1) is 13.6. The minimum Gasteiger partial charge on any atom is -0.468 e. The van der Waals surface area contributed by atoms with Crippen LogP contribution in [0.2, 0.25) is 0 Å². The second kappa shape index (κ2) is 5.75. The van der Waals surface area contributed by atoms with Gasteiger partial charge < -0.3 is 10.1 Å². The third-order valence-electron chi connectivity index (χ3n) is 3.00. The van der Waals surface area contributed by atoms with E-state index in [0.29, 0.717) is 18.1 Å². The molecule has 0 amide bonds. The molecule has 1 aliphatic heterocycles. The Balaban J connectivity index is 2.56. The minimum atomic E-state index is -0.687. The Morgan fingerprint density at radius 3 is 2.50 bits per heavy atom. The fourth-order valence-corrected chi connectivity index (χ4v) is 2.88. The monoisotopic (exact) mass is 248 g/mol. The van der Waals surface area contributed by atoms with Crippen LogP contribution in [0.5, 0.6) is 0 Å². The molecule has 1 heterocycles. The summed E-state index contributed by atoms with van der Waals surface area (Å²) in [5, 5.41) is 3.00. The van der Waals surface area contributed by atoms with Crippen molar-refractivity contribution in [3.8, 4) is 0 Å². The third-order valence-corrected chi connectivity index (χ3v) is 4.27. The molecule has 1 atom stereocenters. The van der Waals surface area contributed by atoms with E-state index in [1.54, 1.807) is 7.05 Å². The SMILES string of the molecule is CNC(C)(CN1CCS(=O)CC1)C(=O)OC. The standard InChI is InChI=1S/C10H20N2O3S/c1-10(11-2,9(13)15-3)8-12-4-6-16(14)7-5-12/h11H,4-8H2,1-3H3. The summed E-state index contributed by atoms with van der Waals surface area (Å²) in [7, 11) is 2.46. The van der Waals surface area contributed by atoms with E-state index in [9.17, 15) is 9.00 Å². The molecule has 0 aromatic carbocycles. The molecule has 94 valence electrons. The minimum absolute atomic E-state index is 0.262. The van der Waals surface area contributed by atoms with Crippen molar-refractivity contribution >= 4 is 16.8 Å². The van der Waals surface area contributed by atoms with Gasteiger partial charge in [-0.3, -0.25) is 13.9 Å². The maximum absolute atomic E-state index is 11.6. The van der Waals surface area contributed by atoms with Crippen LogP contribution in [-0.4, -0.2) is 65.9 Å². The van der Waals surface area contributed by atoms with E-state index in [4.69, 9.17) is 4.74 Å². The number of rotatable bonds is 4. The van der Waals surface area contributed by atoms with Gasteiger partial charge in [-0.2, -0.15) is 0 Å². The zero-order chi connectivity index (χ0) is 12.2. The van der Waals surface area contributed by atoms with Crippen molar-refractivity contribution in [2.75, 3.05) is 45.3 Å². The summed E-state index contributed by atoms with van der Waals surface area (Å²) in [6.45, 7) is 3.97. The van der Waals surface area contributed by atoms with Crippen molar-refractivity contribution in [2.24, 2.45) is 0 Å². The summed E-state index contributed by atoms with van der Waals surface area (Å²) >= 11 is 0. The maximum Gasteiger partial charge on any atom is 0.327 e. The van der Waals surface area contributed by atoms with Gasteiger partial charge in [0.05, 0.1) is 7.11 Å². The van der Waals surface area contributed by atoms with Gasteiger partial charge >= 0.3 is 5.97 Å². The molecule has 0 aromatic heterocycles. The average Bonchev–Trinajstić information content (AvgIpc) is 2.31. The highest BCUT2D eigenvalue weighted by Gasteiger charge is 2.35. The highest BCUT2D eigenvalue weighted by molar-refractivity contribution is 7.85. The molecule has 0 bridgehead atoms. The zero-order valence-corrected chi connectivity index (χ0v) is 10.9. The summed E-state index contributed by atoms with van der Waals surface area (Å²) < 4.78 is 16.0. The van der Waals surface area contributed by atoms with Crippen LogP contribution in [0.1, 0.15) is 6.92 Å². The number of nitrogens with one attached hydrogen (secondary N) is 1. The molecule has 0 saturated carbocycles. The van der Waals surface area contributed by atoms with Crippen LogP contribution in [0.3, 0.4) is 0 Å². The Bertz CT molecular complexity index is 275. The van der Waals surface area contributed by atoms with E-state index in [0.717, 1.165) is 13.1 Å². The summed E-state index contributed by atoms with van der Waals surface area (Å²) in [6, 6.07) is 0. The van der Waals surface area contributed by atoms with Gasteiger partial charge in [0.2, 0.25) is 0 Å². The van der Waals surface area contributed by atoms with Crippen LogP contribution < -0.4 is 5.32 Å². The van der Waals surface area contributed by atoms with Crippen molar-refractivity contribution in [2.45, 2.75) is 12.5 Å². The smallest absolute Gasteiger partial charge is 0.327 e. The van der Waals surface area contributed by atoms with E-state index in [1.807, 2.05) is 6.92 Å². The van der Waals surface area contributed by atoms with Gasteiger partial charge in [-0.25, -0.2) is 0 Å². The molecule has 5 nitrogen and oxygen atoms in total. The first-order valence-corrected chi connectivity index (χ1v) is 6.85. The van der Waals surface area contributed by atoms with Crippen LogP contribution in [-0.2, 0) is 20.3 Å². The number of ether oxygens (including phenoxy) is 1. The first-order chi connectivity index (χ1) is 7.51. The number of esters is 1. The number of carbonyl (C=O) groups excluding carboxylic acids is 1. The molecule has 0 aromatic rings. The lowest BCUT2D eigenvalue weighted by Crippen LogP contribution is -2.57. The van der Waals surface area contributed by atoms with Crippen LogP contribution >= 0.6 is 0 Å². The molecule has 1 saturated heterocycles. The van der Waals surface area contributed by atoms with Crippen molar-refractivity contribution in [3.63, 3.8) is 0 Å². The Kier molecular flexibility index (Phi) is 4.89. The van der Waals surface area contributed by atoms with E-state index >= 15 is 0 Å². The molecular formula is C10H20N2O3S. The topological polar surface area (TPSA) is 58.6 Å². The number of carbonyl (C=O) groups is 1. The largest absolute Gasteiger partial charge is 0.468 e. The normalized spacial score (nSPS) is 22.7. The Hall–Kier alpha value is -0.460. The Morgan fingerprint density at radius 2 is 2.06 bits per heavy atom. The van der Waals surface area contributed by atoms with Crippen molar-refractivity contribution in [1.82, 2.24) is 10.2 Å². The predicted molar refractivity (Wildman–Crippen MR) is 63.8 cm³/mol. The molecule has 16 heavy (non-hydrogen) atoms. The highest BCUT2D eigenvalue weighted by Crippen LogP contribution is 2.10. The number of likely N-dealkylation sites (N-methyl/N-ethyl adjacent to an activating group) is 1. The van der Waals surface area contributed by atoms with Gasteiger partial charge in [-0.05, 0) is 14.0 Å². The highest BCUT2D eigenvalue weighted by atomic mass is 32.2. The average molecular weight is 248 g/mol. The van der Waals surface area contributed by atoms with Gasteiger partial charge in [-0.1, -0.05) is 0 Å². The number of hydrogen-bond donors (Lipinski definition) is 1. The predicted octanol–water partition coefficient (Wildman–Crippen LogP) is -0.798. The fraction of sp³-hybridized carbons (Fsp3) is 0.900. The number of hydrogen-bond acceptors (Lipinski definition) is 5. The molecule has 6 heteroatoms. The van der Waals surface area contributed by atoms with E-state index in [2.05, 4.69) is 10.2 Å². The van der Waals surface area contributed by atoms with E-state index < -0.39 is 16.3 Å². The summed E-state index contributed by atoms with van der Waals surface area (Å²) in [5.41, 5.74) is -0.687. The van der Waals surface area contributed by atoms with Crippen LogP contribution in [0, 0.1) is 0 Å². The fourth-order valence-electron chi connectivity index (χ4n) is 1.75.